The zero-order valence-electron chi connectivity index (χ0n) is 12.1. The monoisotopic (exact) mass is 293 g/mol. The molecule has 2 rings (SSSR count). The maximum absolute atomic E-state index is 5.93. The van der Waals surface area contributed by atoms with E-state index < -0.39 is 0 Å². The minimum absolute atomic E-state index is 0.124. The summed E-state index contributed by atoms with van der Waals surface area (Å²) in [6.07, 6.45) is 2.02. The van der Waals surface area contributed by atoms with Gasteiger partial charge in [-0.25, -0.2) is 0 Å². The lowest BCUT2D eigenvalue weighted by Crippen LogP contribution is -2.25. The topological polar surface area (TPSA) is 39.1 Å². The quantitative estimate of drug-likeness (QED) is 0.890. The van der Waals surface area contributed by atoms with Gasteiger partial charge in [0.25, 0.3) is 0 Å². The summed E-state index contributed by atoms with van der Waals surface area (Å²) in [5.74, 6) is 0. The molecule has 0 spiro atoms. The molecular formula is C15H20ClN3O. The van der Waals surface area contributed by atoms with Crippen molar-refractivity contribution < 1.29 is 4.74 Å². The predicted molar refractivity (Wildman–Crippen MR) is 80.9 cm³/mol. The van der Waals surface area contributed by atoms with E-state index in [-0.39, 0.29) is 6.04 Å². The van der Waals surface area contributed by atoms with Gasteiger partial charge in [0.05, 0.1) is 18.3 Å². The van der Waals surface area contributed by atoms with Gasteiger partial charge in [0, 0.05) is 31.9 Å². The molecule has 0 aliphatic carbocycles. The standard InChI is InChI=1S/C15H20ClN3O/c1-11-9-19(2)18-14(11)8-17-15(10-20-3)12-4-6-13(16)7-5-12/h4-7,9,15,17H,8,10H2,1-3H3. The van der Waals surface area contributed by atoms with Crippen molar-refractivity contribution in [3.8, 4) is 0 Å². The van der Waals surface area contributed by atoms with Crippen molar-refractivity contribution >= 4 is 11.6 Å². The van der Waals surface area contributed by atoms with Crippen LogP contribution in [0.15, 0.2) is 30.5 Å². The number of hydrogen-bond donors (Lipinski definition) is 1. The molecule has 1 aromatic carbocycles. The Labute approximate surface area is 124 Å². The third-order valence-corrected chi connectivity index (χ3v) is 3.49. The van der Waals surface area contributed by atoms with Crippen LogP contribution in [0.1, 0.15) is 22.9 Å². The summed E-state index contributed by atoms with van der Waals surface area (Å²) in [5.41, 5.74) is 3.40. The molecule has 5 heteroatoms. The molecule has 0 saturated carbocycles. The van der Waals surface area contributed by atoms with Crippen LogP contribution < -0.4 is 5.32 Å². The third-order valence-electron chi connectivity index (χ3n) is 3.24. The van der Waals surface area contributed by atoms with Crippen molar-refractivity contribution in [1.29, 1.82) is 0 Å². The number of aryl methyl sites for hydroxylation is 2. The Hall–Kier alpha value is -1.36. The van der Waals surface area contributed by atoms with E-state index in [2.05, 4.69) is 17.3 Å². The first-order valence-electron chi connectivity index (χ1n) is 6.57. The molecule has 0 radical (unpaired) electrons. The van der Waals surface area contributed by atoms with Crippen LogP contribution in [0, 0.1) is 6.92 Å². The fourth-order valence-corrected chi connectivity index (χ4v) is 2.31. The first-order valence-corrected chi connectivity index (χ1v) is 6.95. The Kier molecular flexibility index (Phi) is 5.17. The van der Waals surface area contributed by atoms with Gasteiger partial charge in [0.1, 0.15) is 0 Å². The fourth-order valence-electron chi connectivity index (χ4n) is 2.18. The number of benzene rings is 1. The molecule has 20 heavy (non-hydrogen) atoms. The van der Waals surface area contributed by atoms with E-state index in [1.54, 1.807) is 7.11 Å². The first kappa shape index (κ1) is 15.0. The normalized spacial score (nSPS) is 12.6. The molecule has 1 aromatic heterocycles. The van der Waals surface area contributed by atoms with Gasteiger partial charge in [-0.1, -0.05) is 23.7 Å². The highest BCUT2D eigenvalue weighted by atomic mass is 35.5. The number of rotatable bonds is 6. The Morgan fingerprint density at radius 1 is 1.35 bits per heavy atom. The zero-order valence-corrected chi connectivity index (χ0v) is 12.8. The van der Waals surface area contributed by atoms with Crippen molar-refractivity contribution in [2.24, 2.45) is 7.05 Å². The number of nitrogens with one attached hydrogen (secondary N) is 1. The second-order valence-corrected chi connectivity index (χ2v) is 5.31. The maximum Gasteiger partial charge on any atom is 0.0791 e. The van der Waals surface area contributed by atoms with Crippen molar-refractivity contribution in [3.63, 3.8) is 0 Å². The van der Waals surface area contributed by atoms with E-state index in [0.29, 0.717) is 13.2 Å². The predicted octanol–water partition coefficient (Wildman–Crippen LogP) is 2.86. The van der Waals surface area contributed by atoms with Crippen molar-refractivity contribution in [2.75, 3.05) is 13.7 Å². The van der Waals surface area contributed by atoms with Gasteiger partial charge in [-0.05, 0) is 30.2 Å². The van der Waals surface area contributed by atoms with Crippen LogP contribution >= 0.6 is 11.6 Å². The average molecular weight is 294 g/mol. The molecule has 0 aliphatic rings. The minimum Gasteiger partial charge on any atom is -0.383 e. The fraction of sp³-hybridized carbons (Fsp3) is 0.400. The van der Waals surface area contributed by atoms with E-state index in [1.165, 1.54) is 5.56 Å². The molecule has 1 N–H and O–H groups in total. The van der Waals surface area contributed by atoms with E-state index in [1.807, 2.05) is 42.2 Å². The van der Waals surface area contributed by atoms with Gasteiger partial charge >= 0.3 is 0 Å². The molecule has 108 valence electrons. The summed E-state index contributed by atoms with van der Waals surface area (Å²) in [4.78, 5) is 0. The SMILES string of the molecule is COCC(NCc1nn(C)cc1C)c1ccc(Cl)cc1. The minimum atomic E-state index is 0.124. The van der Waals surface area contributed by atoms with E-state index in [0.717, 1.165) is 16.3 Å². The van der Waals surface area contributed by atoms with Crippen molar-refractivity contribution in [3.05, 3.63) is 52.3 Å². The largest absolute Gasteiger partial charge is 0.383 e. The summed E-state index contributed by atoms with van der Waals surface area (Å²) in [6, 6.07) is 7.95. The molecule has 1 atom stereocenters. The number of nitrogens with zero attached hydrogens (tertiary/aromatic N) is 2. The second-order valence-electron chi connectivity index (χ2n) is 4.87. The molecular weight excluding hydrogens is 274 g/mol. The number of methoxy groups -OCH3 is 1. The van der Waals surface area contributed by atoms with Crippen LogP contribution in [0.25, 0.3) is 0 Å². The lowest BCUT2D eigenvalue weighted by atomic mass is 10.1. The molecule has 0 bridgehead atoms. The van der Waals surface area contributed by atoms with Gasteiger partial charge < -0.3 is 10.1 Å². The van der Waals surface area contributed by atoms with E-state index >= 15 is 0 Å². The molecule has 0 fully saturated rings. The lowest BCUT2D eigenvalue weighted by molar-refractivity contribution is 0.166. The number of halogens is 1. The number of ether oxygens (including phenoxy) is 1. The molecule has 1 unspecified atom stereocenters. The van der Waals surface area contributed by atoms with Crippen LogP contribution in [0.4, 0.5) is 0 Å². The van der Waals surface area contributed by atoms with Crippen molar-refractivity contribution in [2.45, 2.75) is 19.5 Å². The maximum atomic E-state index is 5.93. The Bertz CT molecular complexity index is 551. The molecule has 4 nitrogen and oxygen atoms in total. The molecule has 0 amide bonds. The summed E-state index contributed by atoms with van der Waals surface area (Å²) < 4.78 is 7.12. The number of aromatic nitrogens is 2. The van der Waals surface area contributed by atoms with E-state index in [4.69, 9.17) is 16.3 Å². The third kappa shape index (κ3) is 3.82. The zero-order chi connectivity index (χ0) is 14.5. The first-order chi connectivity index (χ1) is 9.60. The van der Waals surface area contributed by atoms with E-state index in [9.17, 15) is 0 Å². The highest BCUT2D eigenvalue weighted by Gasteiger charge is 2.12. The molecule has 0 aliphatic heterocycles. The Morgan fingerprint density at radius 3 is 2.60 bits per heavy atom. The van der Waals surface area contributed by atoms with Crippen LogP contribution in [-0.2, 0) is 18.3 Å². The van der Waals surface area contributed by atoms with Gasteiger partial charge in [-0.3, -0.25) is 4.68 Å². The van der Waals surface area contributed by atoms with Crippen LogP contribution in [0.3, 0.4) is 0 Å². The molecule has 1 heterocycles. The highest BCUT2D eigenvalue weighted by Crippen LogP contribution is 2.17. The van der Waals surface area contributed by atoms with Crippen LogP contribution in [0.5, 0.6) is 0 Å². The average Bonchev–Trinajstić information content (AvgIpc) is 2.74. The van der Waals surface area contributed by atoms with Gasteiger partial charge in [0.2, 0.25) is 0 Å². The summed E-state index contributed by atoms with van der Waals surface area (Å²) >= 11 is 5.93. The number of hydrogen-bond acceptors (Lipinski definition) is 3. The molecule has 0 saturated heterocycles. The summed E-state index contributed by atoms with van der Waals surface area (Å²) in [6.45, 7) is 3.38. The second kappa shape index (κ2) is 6.88. The van der Waals surface area contributed by atoms with Crippen LogP contribution in [0.2, 0.25) is 5.02 Å². The van der Waals surface area contributed by atoms with Gasteiger partial charge in [-0.15, -0.1) is 0 Å². The smallest absolute Gasteiger partial charge is 0.0791 e. The molecule has 2 aromatic rings. The Morgan fingerprint density at radius 2 is 2.05 bits per heavy atom. The van der Waals surface area contributed by atoms with Gasteiger partial charge in [0.15, 0.2) is 0 Å². The van der Waals surface area contributed by atoms with Gasteiger partial charge in [-0.2, -0.15) is 5.10 Å². The summed E-state index contributed by atoms with van der Waals surface area (Å²) in [7, 11) is 3.64. The lowest BCUT2D eigenvalue weighted by Gasteiger charge is -2.18. The Balaban J connectivity index is 2.06. The van der Waals surface area contributed by atoms with Crippen molar-refractivity contribution in [1.82, 2.24) is 15.1 Å². The highest BCUT2D eigenvalue weighted by molar-refractivity contribution is 6.30. The van der Waals surface area contributed by atoms with Crippen LogP contribution in [-0.4, -0.2) is 23.5 Å². The summed E-state index contributed by atoms with van der Waals surface area (Å²) in [5, 5.41) is 8.67.